The molecule has 0 spiro atoms. The second kappa shape index (κ2) is 5.13. The van der Waals surface area contributed by atoms with Gasteiger partial charge in [0.1, 0.15) is 0 Å². The summed E-state index contributed by atoms with van der Waals surface area (Å²) in [5, 5.41) is -0.0498. The molecule has 1 heterocycles. The third kappa shape index (κ3) is 2.75. The van der Waals surface area contributed by atoms with E-state index in [1.807, 2.05) is 0 Å². The molecule has 0 radical (unpaired) electrons. The maximum Gasteiger partial charge on any atom is 0.0933 e. The van der Waals surface area contributed by atoms with E-state index in [2.05, 4.69) is 61.0 Å². The Hall–Kier alpha value is -0.310. The fourth-order valence-corrected chi connectivity index (χ4v) is 3.89. The zero-order valence-electron chi connectivity index (χ0n) is 10.1. The van der Waals surface area contributed by atoms with Crippen LogP contribution in [0.3, 0.4) is 0 Å². The third-order valence-electron chi connectivity index (χ3n) is 2.82. The Labute approximate surface area is 120 Å². The number of rotatable bonds is 2. The van der Waals surface area contributed by atoms with E-state index in [1.54, 1.807) is 11.3 Å². The number of hydrogen-bond donors (Lipinski definition) is 0. The Morgan fingerprint density at radius 2 is 1.82 bits per heavy atom. The van der Waals surface area contributed by atoms with E-state index in [1.165, 1.54) is 26.4 Å². The van der Waals surface area contributed by atoms with E-state index in [0.717, 1.165) is 4.47 Å². The lowest BCUT2D eigenvalue weighted by atomic mass is 10.0. The van der Waals surface area contributed by atoms with Gasteiger partial charge < -0.3 is 0 Å². The molecule has 1 atom stereocenters. The molecule has 1 unspecified atom stereocenters. The van der Waals surface area contributed by atoms with E-state index in [9.17, 15) is 0 Å². The molecule has 90 valence electrons. The summed E-state index contributed by atoms with van der Waals surface area (Å²) in [5.74, 6) is 0. The van der Waals surface area contributed by atoms with Gasteiger partial charge in [-0.1, -0.05) is 22.0 Å². The highest BCUT2D eigenvalue weighted by Crippen LogP contribution is 2.38. The summed E-state index contributed by atoms with van der Waals surface area (Å²) in [7, 11) is 0. The summed E-state index contributed by atoms with van der Waals surface area (Å²) in [6.45, 7) is 6.35. The van der Waals surface area contributed by atoms with Gasteiger partial charge in [-0.2, -0.15) is 0 Å². The molecule has 0 amide bonds. The second-order valence-electron chi connectivity index (χ2n) is 4.27. The van der Waals surface area contributed by atoms with Crippen LogP contribution in [0.25, 0.3) is 0 Å². The topological polar surface area (TPSA) is 0 Å². The summed E-state index contributed by atoms with van der Waals surface area (Å²) in [4.78, 5) is 2.57. The summed E-state index contributed by atoms with van der Waals surface area (Å²) in [5.41, 5.74) is 3.71. The largest absolute Gasteiger partial charge is 0.143 e. The van der Waals surface area contributed by atoms with Gasteiger partial charge in [0, 0.05) is 14.2 Å². The molecular weight excluding hydrogens is 316 g/mol. The van der Waals surface area contributed by atoms with Crippen molar-refractivity contribution in [1.29, 1.82) is 0 Å². The van der Waals surface area contributed by atoms with Crippen molar-refractivity contribution >= 4 is 38.9 Å². The number of aryl methyl sites for hydroxylation is 3. The Bertz CT molecular complexity index is 545. The minimum absolute atomic E-state index is 0.0498. The highest BCUT2D eigenvalue weighted by molar-refractivity contribution is 9.10. The normalized spacial score (nSPS) is 12.8. The summed E-state index contributed by atoms with van der Waals surface area (Å²) < 4.78 is 1.08. The molecular formula is C14H14BrClS. The van der Waals surface area contributed by atoms with Crippen molar-refractivity contribution in [3.63, 3.8) is 0 Å². The average molecular weight is 330 g/mol. The zero-order chi connectivity index (χ0) is 12.6. The van der Waals surface area contributed by atoms with Gasteiger partial charge in [0.15, 0.2) is 0 Å². The van der Waals surface area contributed by atoms with Gasteiger partial charge in [-0.05, 0) is 55.7 Å². The van der Waals surface area contributed by atoms with Crippen LogP contribution < -0.4 is 0 Å². The molecule has 0 aliphatic heterocycles. The molecule has 2 rings (SSSR count). The predicted octanol–water partition coefficient (Wildman–Crippen LogP) is 5.76. The van der Waals surface area contributed by atoms with Crippen molar-refractivity contribution in [3.05, 3.63) is 55.2 Å². The van der Waals surface area contributed by atoms with Gasteiger partial charge in [-0.25, -0.2) is 0 Å². The summed E-state index contributed by atoms with van der Waals surface area (Å²) in [6.07, 6.45) is 0. The van der Waals surface area contributed by atoms with Crippen LogP contribution in [-0.4, -0.2) is 0 Å². The van der Waals surface area contributed by atoms with Crippen molar-refractivity contribution in [1.82, 2.24) is 0 Å². The molecule has 0 bridgehead atoms. The number of hydrogen-bond acceptors (Lipinski definition) is 1. The van der Waals surface area contributed by atoms with Gasteiger partial charge in [0.2, 0.25) is 0 Å². The van der Waals surface area contributed by atoms with Crippen LogP contribution in [0.15, 0.2) is 28.7 Å². The minimum Gasteiger partial charge on any atom is -0.143 e. The average Bonchev–Trinajstić information content (AvgIpc) is 2.60. The summed E-state index contributed by atoms with van der Waals surface area (Å²) in [6, 6.07) is 8.46. The van der Waals surface area contributed by atoms with E-state index in [4.69, 9.17) is 11.6 Å². The highest BCUT2D eigenvalue weighted by atomic mass is 79.9. The Kier molecular flexibility index (Phi) is 3.96. The minimum atomic E-state index is -0.0498. The summed E-state index contributed by atoms with van der Waals surface area (Å²) >= 11 is 11.9. The van der Waals surface area contributed by atoms with Gasteiger partial charge in [0.05, 0.1) is 5.38 Å². The number of thiophene rings is 1. The van der Waals surface area contributed by atoms with Crippen LogP contribution in [-0.2, 0) is 0 Å². The van der Waals surface area contributed by atoms with Gasteiger partial charge in [-0.3, -0.25) is 0 Å². The van der Waals surface area contributed by atoms with E-state index in [-0.39, 0.29) is 5.38 Å². The van der Waals surface area contributed by atoms with Crippen molar-refractivity contribution in [3.8, 4) is 0 Å². The van der Waals surface area contributed by atoms with Crippen molar-refractivity contribution in [2.45, 2.75) is 26.1 Å². The molecule has 0 aliphatic rings. The first kappa shape index (κ1) is 13.1. The van der Waals surface area contributed by atoms with Crippen LogP contribution in [0.1, 0.15) is 31.8 Å². The smallest absolute Gasteiger partial charge is 0.0933 e. The molecule has 17 heavy (non-hydrogen) atoms. The van der Waals surface area contributed by atoms with Crippen LogP contribution in [0.4, 0.5) is 0 Å². The van der Waals surface area contributed by atoms with Gasteiger partial charge in [-0.15, -0.1) is 22.9 Å². The number of halogens is 2. The first-order valence-corrected chi connectivity index (χ1v) is 7.50. The fourth-order valence-electron chi connectivity index (χ4n) is 1.94. The van der Waals surface area contributed by atoms with E-state index >= 15 is 0 Å². The Morgan fingerprint density at radius 1 is 1.12 bits per heavy atom. The molecule has 1 aromatic carbocycles. The second-order valence-corrected chi connectivity index (χ2v) is 6.91. The van der Waals surface area contributed by atoms with Crippen LogP contribution in [0.5, 0.6) is 0 Å². The maximum absolute atomic E-state index is 6.62. The monoisotopic (exact) mass is 328 g/mol. The molecule has 2 aromatic rings. The van der Waals surface area contributed by atoms with Gasteiger partial charge >= 0.3 is 0 Å². The molecule has 1 aromatic heterocycles. The lowest BCUT2D eigenvalue weighted by Gasteiger charge is -2.13. The SMILES string of the molecule is Cc1cc(C)c(C(Cl)c2cc(Br)ccc2C)s1. The number of alkyl halides is 1. The lowest BCUT2D eigenvalue weighted by Crippen LogP contribution is -1.95. The third-order valence-corrected chi connectivity index (χ3v) is 5.12. The fraction of sp³-hybridized carbons (Fsp3) is 0.286. The Balaban J connectivity index is 2.46. The van der Waals surface area contributed by atoms with Crippen molar-refractivity contribution in [2.24, 2.45) is 0 Å². The van der Waals surface area contributed by atoms with Crippen LogP contribution >= 0.6 is 38.9 Å². The standard InChI is InChI=1S/C14H14BrClS/c1-8-4-5-11(15)7-12(8)13(16)14-9(2)6-10(3)17-14/h4-7,13H,1-3H3. The maximum atomic E-state index is 6.62. The molecule has 0 saturated heterocycles. The molecule has 0 saturated carbocycles. The molecule has 3 heteroatoms. The first-order chi connectivity index (χ1) is 7.99. The molecule has 0 N–H and O–H groups in total. The van der Waals surface area contributed by atoms with Gasteiger partial charge in [0.25, 0.3) is 0 Å². The van der Waals surface area contributed by atoms with Crippen LogP contribution in [0.2, 0.25) is 0 Å². The quantitative estimate of drug-likeness (QED) is 0.614. The lowest BCUT2D eigenvalue weighted by molar-refractivity contribution is 1.12. The predicted molar refractivity (Wildman–Crippen MR) is 80.4 cm³/mol. The first-order valence-electron chi connectivity index (χ1n) is 5.46. The molecule has 0 nitrogen and oxygen atoms in total. The van der Waals surface area contributed by atoms with E-state index in [0.29, 0.717) is 0 Å². The highest BCUT2D eigenvalue weighted by Gasteiger charge is 2.17. The molecule has 0 aliphatic carbocycles. The number of benzene rings is 1. The Morgan fingerprint density at radius 3 is 2.41 bits per heavy atom. The van der Waals surface area contributed by atoms with E-state index < -0.39 is 0 Å². The molecule has 0 fully saturated rings. The zero-order valence-corrected chi connectivity index (χ0v) is 13.2. The van der Waals surface area contributed by atoms with Crippen LogP contribution in [0, 0.1) is 20.8 Å². The van der Waals surface area contributed by atoms with Crippen molar-refractivity contribution < 1.29 is 0 Å². The van der Waals surface area contributed by atoms with Crippen molar-refractivity contribution in [2.75, 3.05) is 0 Å².